The van der Waals surface area contributed by atoms with Crippen LogP contribution in [-0.2, 0) is 10.0 Å². The Bertz CT molecular complexity index is 1040. The van der Waals surface area contributed by atoms with Gasteiger partial charge in [0.25, 0.3) is 0 Å². The maximum atomic E-state index is 12.8. The van der Waals surface area contributed by atoms with Gasteiger partial charge in [-0.05, 0) is 43.2 Å². The van der Waals surface area contributed by atoms with Crippen LogP contribution in [-0.4, -0.2) is 43.1 Å². The summed E-state index contributed by atoms with van der Waals surface area (Å²) in [6, 6.07) is 18.5. The number of ether oxygens (including phenoxy) is 1. The number of sulfonamides is 1. The van der Waals surface area contributed by atoms with Crippen LogP contribution in [0, 0.1) is 0 Å². The summed E-state index contributed by atoms with van der Waals surface area (Å²) < 4.78 is 32.4. The summed E-state index contributed by atoms with van der Waals surface area (Å²) in [4.78, 5) is 0.357. The molecule has 0 aliphatic carbocycles. The van der Waals surface area contributed by atoms with Crippen molar-refractivity contribution in [1.82, 2.24) is 14.5 Å². The van der Waals surface area contributed by atoms with E-state index in [1.54, 1.807) is 35.7 Å². The molecule has 6 nitrogen and oxygen atoms in total. The Labute approximate surface area is 165 Å². The van der Waals surface area contributed by atoms with Crippen molar-refractivity contribution in [3.05, 3.63) is 66.4 Å². The molecule has 0 amide bonds. The summed E-state index contributed by atoms with van der Waals surface area (Å²) in [5, 5.41) is 7.58. The lowest BCUT2D eigenvalue weighted by atomic mass is 9.94. The number of piperidine rings is 1. The summed E-state index contributed by atoms with van der Waals surface area (Å²) in [6.45, 7) is 1.02. The van der Waals surface area contributed by atoms with Crippen LogP contribution in [0.25, 0.3) is 11.3 Å². The first-order chi connectivity index (χ1) is 13.6. The van der Waals surface area contributed by atoms with E-state index in [-0.39, 0.29) is 5.92 Å². The molecule has 146 valence electrons. The smallest absolute Gasteiger partial charge is 0.243 e. The first-order valence-electron chi connectivity index (χ1n) is 9.33. The average molecular weight is 398 g/mol. The topological polar surface area (TPSA) is 75.3 Å². The molecule has 7 heteroatoms. The summed E-state index contributed by atoms with van der Waals surface area (Å²) >= 11 is 0. The van der Waals surface area contributed by atoms with Gasteiger partial charge in [0.1, 0.15) is 5.75 Å². The van der Waals surface area contributed by atoms with Crippen molar-refractivity contribution in [2.45, 2.75) is 23.7 Å². The highest BCUT2D eigenvalue weighted by atomic mass is 32.2. The third kappa shape index (κ3) is 3.68. The second kappa shape index (κ2) is 7.77. The second-order valence-electron chi connectivity index (χ2n) is 6.93. The highest BCUT2D eigenvalue weighted by molar-refractivity contribution is 7.89. The van der Waals surface area contributed by atoms with Crippen molar-refractivity contribution in [2.24, 2.45) is 0 Å². The van der Waals surface area contributed by atoms with E-state index in [1.807, 2.05) is 30.3 Å². The fourth-order valence-corrected chi connectivity index (χ4v) is 5.12. The molecule has 1 fully saturated rings. The molecule has 28 heavy (non-hydrogen) atoms. The zero-order chi connectivity index (χ0) is 19.6. The standard InChI is InChI=1S/C21H23N3O3S/c1-27-18-7-5-6-17(14-18)21-15-20(22-23-21)16-10-12-24(13-11-16)28(25,26)19-8-3-2-4-9-19/h2-9,14-16H,10-13H2,1H3,(H,22,23). The van der Waals surface area contributed by atoms with Gasteiger partial charge < -0.3 is 4.74 Å². The van der Waals surface area contributed by atoms with Crippen LogP contribution < -0.4 is 4.74 Å². The summed E-state index contributed by atoms with van der Waals surface area (Å²) in [6.07, 6.45) is 1.54. The van der Waals surface area contributed by atoms with E-state index in [9.17, 15) is 8.42 Å². The maximum Gasteiger partial charge on any atom is 0.243 e. The van der Waals surface area contributed by atoms with Gasteiger partial charge in [-0.25, -0.2) is 8.42 Å². The Kier molecular flexibility index (Phi) is 5.19. The molecular formula is C21H23N3O3S. The van der Waals surface area contributed by atoms with Crippen molar-refractivity contribution in [1.29, 1.82) is 0 Å². The minimum absolute atomic E-state index is 0.272. The molecule has 1 aliphatic heterocycles. The molecule has 4 rings (SSSR count). The monoisotopic (exact) mass is 397 g/mol. The average Bonchev–Trinajstić information content (AvgIpc) is 3.25. The molecule has 0 unspecified atom stereocenters. The van der Waals surface area contributed by atoms with Crippen molar-refractivity contribution in [2.75, 3.05) is 20.2 Å². The van der Waals surface area contributed by atoms with E-state index in [4.69, 9.17) is 4.74 Å². The number of benzene rings is 2. The van der Waals surface area contributed by atoms with E-state index < -0.39 is 10.0 Å². The van der Waals surface area contributed by atoms with Gasteiger partial charge in [0.15, 0.2) is 0 Å². The number of aromatic nitrogens is 2. The molecule has 1 saturated heterocycles. The molecule has 1 aromatic heterocycles. The molecule has 2 aromatic carbocycles. The third-order valence-corrected chi connectivity index (χ3v) is 7.15. The van der Waals surface area contributed by atoms with Crippen LogP contribution in [0.1, 0.15) is 24.5 Å². The minimum atomic E-state index is -3.42. The van der Waals surface area contributed by atoms with Gasteiger partial charge in [-0.3, -0.25) is 5.10 Å². The van der Waals surface area contributed by atoms with Crippen LogP contribution in [0.4, 0.5) is 0 Å². The van der Waals surface area contributed by atoms with Gasteiger partial charge in [0.2, 0.25) is 10.0 Å². The number of nitrogens with zero attached hydrogens (tertiary/aromatic N) is 2. The summed E-state index contributed by atoms with van der Waals surface area (Å²) in [5.41, 5.74) is 2.91. The second-order valence-corrected chi connectivity index (χ2v) is 8.87. The number of rotatable bonds is 5. The van der Waals surface area contributed by atoms with E-state index in [2.05, 4.69) is 16.3 Å². The lowest BCUT2D eigenvalue weighted by Gasteiger charge is -2.30. The Morgan fingerprint density at radius 2 is 1.79 bits per heavy atom. The first kappa shape index (κ1) is 18.7. The SMILES string of the molecule is COc1cccc(-c2cc(C3CCN(S(=O)(=O)c4ccccc4)CC3)[nH]n2)c1. The largest absolute Gasteiger partial charge is 0.497 e. The Balaban J connectivity index is 1.45. The lowest BCUT2D eigenvalue weighted by Crippen LogP contribution is -2.37. The number of hydrogen-bond acceptors (Lipinski definition) is 4. The molecule has 0 spiro atoms. The Morgan fingerprint density at radius 1 is 1.04 bits per heavy atom. The normalized spacial score (nSPS) is 16.2. The Morgan fingerprint density at radius 3 is 2.50 bits per heavy atom. The first-order valence-corrected chi connectivity index (χ1v) is 10.8. The molecule has 0 bridgehead atoms. The third-order valence-electron chi connectivity index (χ3n) is 5.24. The molecule has 0 atom stereocenters. The quantitative estimate of drug-likeness (QED) is 0.713. The van der Waals surface area contributed by atoms with Gasteiger partial charge in [0.05, 0.1) is 17.7 Å². The van der Waals surface area contributed by atoms with Gasteiger partial charge in [-0.15, -0.1) is 0 Å². The molecule has 0 radical (unpaired) electrons. The number of aromatic amines is 1. The number of nitrogens with one attached hydrogen (secondary N) is 1. The molecule has 2 heterocycles. The van der Waals surface area contributed by atoms with E-state index >= 15 is 0 Å². The molecular weight excluding hydrogens is 374 g/mol. The fourth-order valence-electron chi connectivity index (χ4n) is 3.62. The van der Waals surface area contributed by atoms with Gasteiger partial charge >= 0.3 is 0 Å². The van der Waals surface area contributed by atoms with Crippen LogP contribution in [0.3, 0.4) is 0 Å². The van der Waals surface area contributed by atoms with Crippen LogP contribution in [0.5, 0.6) is 5.75 Å². The fraction of sp³-hybridized carbons (Fsp3) is 0.286. The van der Waals surface area contributed by atoms with Crippen molar-refractivity contribution in [3.63, 3.8) is 0 Å². The van der Waals surface area contributed by atoms with Crippen molar-refractivity contribution >= 4 is 10.0 Å². The van der Waals surface area contributed by atoms with Crippen molar-refractivity contribution in [3.8, 4) is 17.0 Å². The molecule has 0 saturated carbocycles. The van der Waals surface area contributed by atoms with Crippen molar-refractivity contribution < 1.29 is 13.2 Å². The summed E-state index contributed by atoms with van der Waals surface area (Å²) in [5.74, 6) is 1.07. The van der Waals surface area contributed by atoms with E-state index in [0.717, 1.165) is 35.5 Å². The minimum Gasteiger partial charge on any atom is -0.497 e. The zero-order valence-electron chi connectivity index (χ0n) is 15.7. The van der Waals surface area contributed by atoms with E-state index in [0.29, 0.717) is 18.0 Å². The lowest BCUT2D eigenvalue weighted by molar-refractivity contribution is 0.316. The molecule has 3 aromatic rings. The summed E-state index contributed by atoms with van der Waals surface area (Å²) in [7, 11) is -1.77. The number of H-pyrrole nitrogens is 1. The Hall–Kier alpha value is -2.64. The number of hydrogen-bond donors (Lipinski definition) is 1. The van der Waals surface area contributed by atoms with Gasteiger partial charge in [-0.2, -0.15) is 9.40 Å². The molecule has 1 aliphatic rings. The van der Waals surface area contributed by atoms with Gasteiger partial charge in [-0.1, -0.05) is 30.3 Å². The highest BCUT2D eigenvalue weighted by Crippen LogP contribution is 2.32. The predicted octanol–water partition coefficient (Wildman–Crippen LogP) is 3.65. The van der Waals surface area contributed by atoms with E-state index in [1.165, 1.54) is 0 Å². The molecule has 1 N–H and O–H groups in total. The van der Waals surface area contributed by atoms with Gasteiger partial charge in [0, 0.05) is 30.3 Å². The predicted molar refractivity (Wildman–Crippen MR) is 108 cm³/mol. The van der Waals surface area contributed by atoms with Crippen LogP contribution >= 0.6 is 0 Å². The van der Waals surface area contributed by atoms with Crippen LogP contribution in [0.2, 0.25) is 0 Å². The van der Waals surface area contributed by atoms with Crippen LogP contribution in [0.15, 0.2) is 65.6 Å². The number of methoxy groups -OCH3 is 1. The maximum absolute atomic E-state index is 12.8. The highest BCUT2D eigenvalue weighted by Gasteiger charge is 2.30. The zero-order valence-corrected chi connectivity index (χ0v) is 16.5.